The van der Waals surface area contributed by atoms with E-state index in [0.29, 0.717) is 12.5 Å². The second-order valence-electron chi connectivity index (χ2n) is 6.78. The molecule has 122 valence electrons. The molecule has 0 saturated carbocycles. The van der Waals surface area contributed by atoms with Crippen LogP contribution < -0.4 is 5.32 Å². The van der Waals surface area contributed by atoms with Gasteiger partial charge in [0.25, 0.3) is 0 Å². The molecule has 2 amide bonds. The van der Waals surface area contributed by atoms with Gasteiger partial charge in [-0.3, -0.25) is 9.59 Å². The number of likely N-dealkylation sites (N-methyl/N-ethyl adjacent to an activating group) is 1. The third-order valence-corrected chi connectivity index (χ3v) is 4.47. The van der Waals surface area contributed by atoms with Crippen molar-refractivity contribution in [1.82, 2.24) is 15.1 Å². The summed E-state index contributed by atoms with van der Waals surface area (Å²) in [6.45, 7) is 8.84. The number of nitrogens with one attached hydrogen (secondary N) is 1. The summed E-state index contributed by atoms with van der Waals surface area (Å²) >= 11 is 0. The van der Waals surface area contributed by atoms with Crippen molar-refractivity contribution in [1.29, 1.82) is 0 Å². The van der Waals surface area contributed by atoms with Crippen LogP contribution in [-0.4, -0.2) is 61.9 Å². The first-order valence-electron chi connectivity index (χ1n) is 8.01. The van der Waals surface area contributed by atoms with Crippen LogP contribution in [0.2, 0.25) is 0 Å². The van der Waals surface area contributed by atoms with E-state index < -0.39 is 5.41 Å². The summed E-state index contributed by atoms with van der Waals surface area (Å²) < 4.78 is 0. The van der Waals surface area contributed by atoms with E-state index in [-0.39, 0.29) is 18.4 Å². The lowest BCUT2D eigenvalue weighted by Crippen LogP contribution is -2.51. The second kappa shape index (κ2) is 7.78. The van der Waals surface area contributed by atoms with E-state index in [9.17, 15) is 9.59 Å². The number of piperidine rings is 1. The summed E-state index contributed by atoms with van der Waals surface area (Å²) in [5.74, 6) is 0.426. The first-order chi connectivity index (χ1) is 9.80. The summed E-state index contributed by atoms with van der Waals surface area (Å²) in [7, 11) is 3.46. The first kappa shape index (κ1) is 18.0. The molecule has 5 nitrogen and oxygen atoms in total. The van der Waals surface area contributed by atoms with Crippen LogP contribution in [0.15, 0.2) is 0 Å². The molecule has 0 aromatic rings. The maximum absolute atomic E-state index is 12.9. The van der Waals surface area contributed by atoms with Crippen LogP contribution >= 0.6 is 0 Å². The summed E-state index contributed by atoms with van der Waals surface area (Å²) in [6.07, 6.45) is 3.06. The van der Waals surface area contributed by atoms with Gasteiger partial charge < -0.3 is 15.1 Å². The molecule has 1 aliphatic heterocycles. The zero-order valence-corrected chi connectivity index (χ0v) is 14.2. The van der Waals surface area contributed by atoms with Gasteiger partial charge in [-0.25, -0.2) is 0 Å². The summed E-state index contributed by atoms with van der Waals surface area (Å²) in [5.41, 5.74) is -0.421. The summed E-state index contributed by atoms with van der Waals surface area (Å²) in [5, 5.41) is 3.38. The predicted octanol–water partition coefficient (Wildman–Crippen LogP) is 1.34. The van der Waals surface area contributed by atoms with Gasteiger partial charge >= 0.3 is 0 Å². The van der Waals surface area contributed by atoms with Crippen molar-refractivity contribution in [3.63, 3.8) is 0 Å². The SMILES string of the molecule is CCCN(CC(=O)N(C)C)C(=O)C(C)(C)C1CCCNC1. The average Bonchev–Trinajstić information content (AvgIpc) is 2.46. The number of nitrogens with zero attached hydrogens (tertiary/aromatic N) is 2. The van der Waals surface area contributed by atoms with Gasteiger partial charge in [-0.05, 0) is 38.3 Å². The molecule has 1 atom stereocenters. The van der Waals surface area contributed by atoms with Crippen LogP contribution in [0, 0.1) is 11.3 Å². The zero-order chi connectivity index (χ0) is 16.0. The van der Waals surface area contributed by atoms with Gasteiger partial charge in [-0.2, -0.15) is 0 Å². The highest BCUT2D eigenvalue weighted by atomic mass is 16.2. The van der Waals surface area contributed by atoms with Crippen molar-refractivity contribution < 1.29 is 9.59 Å². The Morgan fingerprint density at radius 1 is 1.29 bits per heavy atom. The normalized spacial score (nSPS) is 19.2. The van der Waals surface area contributed by atoms with Crippen molar-refractivity contribution in [3.05, 3.63) is 0 Å². The minimum atomic E-state index is -0.421. The Morgan fingerprint density at radius 3 is 2.43 bits per heavy atom. The molecule has 0 spiro atoms. The molecule has 1 heterocycles. The van der Waals surface area contributed by atoms with E-state index in [4.69, 9.17) is 0 Å². The Hall–Kier alpha value is -1.10. The van der Waals surface area contributed by atoms with Crippen LogP contribution in [0.5, 0.6) is 0 Å². The molecule has 1 saturated heterocycles. The highest BCUT2D eigenvalue weighted by Gasteiger charge is 2.40. The van der Waals surface area contributed by atoms with Gasteiger partial charge in [0.05, 0.1) is 6.54 Å². The van der Waals surface area contributed by atoms with Crippen molar-refractivity contribution in [2.75, 3.05) is 40.3 Å². The predicted molar refractivity (Wildman–Crippen MR) is 84.9 cm³/mol. The van der Waals surface area contributed by atoms with E-state index in [0.717, 1.165) is 32.4 Å². The third kappa shape index (κ3) is 4.70. The van der Waals surface area contributed by atoms with Gasteiger partial charge in [-0.15, -0.1) is 0 Å². The van der Waals surface area contributed by atoms with Crippen LogP contribution in [0.3, 0.4) is 0 Å². The number of carbonyl (C=O) groups excluding carboxylic acids is 2. The number of hydrogen-bond donors (Lipinski definition) is 1. The average molecular weight is 297 g/mol. The number of amides is 2. The van der Waals surface area contributed by atoms with Crippen LogP contribution in [0.4, 0.5) is 0 Å². The molecular weight excluding hydrogens is 266 g/mol. The number of carbonyl (C=O) groups is 2. The molecule has 1 N–H and O–H groups in total. The fraction of sp³-hybridized carbons (Fsp3) is 0.875. The molecule has 21 heavy (non-hydrogen) atoms. The van der Waals surface area contributed by atoms with E-state index in [1.54, 1.807) is 23.9 Å². The lowest BCUT2D eigenvalue weighted by Gasteiger charge is -2.39. The molecule has 0 aliphatic carbocycles. The molecule has 0 radical (unpaired) electrons. The van der Waals surface area contributed by atoms with E-state index in [1.807, 2.05) is 20.8 Å². The molecule has 1 unspecified atom stereocenters. The van der Waals surface area contributed by atoms with Gasteiger partial charge in [0.1, 0.15) is 0 Å². The molecule has 5 heteroatoms. The molecule has 1 rings (SSSR count). The lowest BCUT2D eigenvalue weighted by atomic mass is 9.74. The molecule has 1 aliphatic rings. The third-order valence-electron chi connectivity index (χ3n) is 4.47. The van der Waals surface area contributed by atoms with Crippen molar-refractivity contribution in [2.45, 2.75) is 40.0 Å². The molecule has 0 aromatic carbocycles. The lowest BCUT2D eigenvalue weighted by molar-refractivity contribution is -0.148. The van der Waals surface area contributed by atoms with E-state index in [2.05, 4.69) is 5.32 Å². The van der Waals surface area contributed by atoms with Gasteiger partial charge in [0.2, 0.25) is 11.8 Å². The van der Waals surface area contributed by atoms with Crippen molar-refractivity contribution >= 4 is 11.8 Å². The first-order valence-corrected chi connectivity index (χ1v) is 8.01. The summed E-state index contributed by atoms with van der Waals surface area (Å²) in [4.78, 5) is 28.2. The van der Waals surface area contributed by atoms with Crippen LogP contribution in [0.1, 0.15) is 40.0 Å². The monoisotopic (exact) mass is 297 g/mol. The smallest absolute Gasteiger partial charge is 0.241 e. The Labute approximate surface area is 129 Å². The van der Waals surface area contributed by atoms with Crippen molar-refractivity contribution in [2.24, 2.45) is 11.3 Å². The Bertz CT molecular complexity index is 361. The highest BCUT2D eigenvalue weighted by molar-refractivity contribution is 5.87. The maximum Gasteiger partial charge on any atom is 0.241 e. The zero-order valence-electron chi connectivity index (χ0n) is 14.2. The Kier molecular flexibility index (Phi) is 6.65. The Morgan fingerprint density at radius 2 is 1.95 bits per heavy atom. The molecule has 0 bridgehead atoms. The maximum atomic E-state index is 12.9. The Balaban J connectivity index is 2.80. The fourth-order valence-electron chi connectivity index (χ4n) is 2.88. The van der Waals surface area contributed by atoms with Crippen LogP contribution in [0.25, 0.3) is 0 Å². The topological polar surface area (TPSA) is 52.7 Å². The van der Waals surface area contributed by atoms with Gasteiger partial charge in [-0.1, -0.05) is 20.8 Å². The van der Waals surface area contributed by atoms with Crippen molar-refractivity contribution in [3.8, 4) is 0 Å². The minimum absolute atomic E-state index is 0.0191. The minimum Gasteiger partial charge on any atom is -0.347 e. The van der Waals surface area contributed by atoms with E-state index >= 15 is 0 Å². The fourth-order valence-corrected chi connectivity index (χ4v) is 2.88. The van der Waals surface area contributed by atoms with E-state index in [1.165, 1.54) is 0 Å². The number of rotatable bonds is 6. The largest absolute Gasteiger partial charge is 0.347 e. The van der Waals surface area contributed by atoms with Gasteiger partial charge in [0, 0.05) is 26.1 Å². The molecular formula is C16H31N3O2. The standard InChI is InChI=1S/C16H31N3O2/c1-6-10-19(12-14(20)18(4)5)15(21)16(2,3)13-8-7-9-17-11-13/h13,17H,6-12H2,1-5H3. The van der Waals surface area contributed by atoms with Crippen LogP contribution in [-0.2, 0) is 9.59 Å². The summed E-state index contributed by atoms with van der Waals surface area (Å²) in [6, 6.07) is 0. The molecule has 1 fully saturated rings. The second-order valence-corrected chi connectivity index (χ2v) is 6.78. The highest BCUT2D eigenvalue weighted by Crippen LogP contribution is 2.33. The van der Waals surface area contributed by atoms with Gasteiger partial charge in [0.15, 0.2) is 0 Å². The molecule has 0 aromatic heterocycles. The number of hydrogen-bond acceptors (Lipinski definition) is 3. The quantitative estimate of drug-likeness (QED) is 0.805.